The van der Waals surface area contributed by atoms with E-state index in [1.54, 1.807) is 56.1 Å². The number of halogens is 4. The molecule has 61 heavy (non-hydrogen) atoms. The average Bonchev–Trinajstić information content (AvgIpc) is 3.97. The summed E-state index contributed by atoms with van der Waals surface area (Å²) in [6.07, 6.45) is 0. The standard InChI is InChI=1S/C25H20F3N5O.C22H18FN3O/c1-14-9-23(33(31-14)22-11-16-6-4-3-5-15(16)10-20(22)28)25(34)30-21-13-18(26)17(12-19(21)27)24-29-7-8-32(24)2;1-14-7-9-18(10-8-14)24-22(27)21-11-15(2)25-26(21)20-13-17-6-4-3-5-16(17)12-19(20)23/h3-6,9-13H,7-8H2,1-2H3,(H,30,34);3-13H,1-2H3,(H,24,27). The van der Waals surface area contributed by atoms with E-state index >= 15 is 0 Å². The number of hydrogen-bond acceptors (Lipinski definition) is 6. The molecule has 0 spiro atoms. The summed E-state index contributed by atoms with van der Waals surface area (Å²) >= 11 is 0. The van der Waals surface area contributed by atoms with Crippen molar-refractivity contribution in [3.05, 3.63) is 178 Å². The van der Waals surface area contributed by atoms with Crippen LogP contribution in [0.3, 0.4) is 0 Å². The van der Waals surface area contributed by atoms with Gasteiger partial charge in [-0.05, 0) is 96.9 Å². The molecule has 6 aromatic carbocycles. The number of carbonyl (C=O) groups is 2. The van der Waals surface area contributed by atoms with Crippen LogP contribution in [0.25, 0.3) is 32.9 Å². The number of rotatable bonds is 7. The number of fused-ring (bicyclic) bond motifs is 2. The summed E-state index contributed by atoms with van der Waals surface area (Å²) in [6, 6.07) is 33.4. The molecule has 0 bridgehead atoms. The first-order valence-electron chi connectivity index (χ1n) is 19.3. The number of amides is 2. The highest BCUT2D eigenvalue weighted by molar-refractivity contribution is 6.05. The van der Waals surface area contributed by atoms with E-state index in [2.05, 4.69) is 25.8 Å². The van der Waals surface area contributed by atoms with Crippen molar-refractivity contribution >= 4 is 50.6 Å². The normalized spacial score (nSPS) is 12.3. The van der Waals surface area contributed by atoms with Gasteiger partial charge in [-0.3, -0.25) is 14.6 Å². The zero-order valence-electron chi connectivity index (χ0n) is 33.5. The van der Waals surface area contributed by atoms with Gasteiger partial charge in [0.05, 0.1) is 29.2 Å². The molecule has 306 valence electrons. The summed E-state index contributed by atoms with van der Waals surface area (Å²) in [5.41, 5.74) is 3.14. The summed E-state index contributed by atoms with van der Waals surface area (Å²) in [6.45, 7) is 6.52. The number of nitrogens with zero attached hydrogens (tertiary/aromatic N) is 6. The Morgan fingerprint density at radius 2 is 1.07 bits per heavy atom. The van der Waals surface area contributed by atoms with E-state index < -0.39 is 29.2 Å². The lowest BCUT2D eigenvalue weighted by molar-refractivity contribution is 0.101. The molecule has 14 heteroatoms. The molecular formula is C47H38F4N8O2. The molecule has 1 aliphatic heterocycles. The first kappa shape index (κ1) is 40.2. The zero-order valence-corrected chi connectivity index (χ0v) is 33.5. The minimum atomic E-state index is -0.813. The van der Waals surface area contributed by atoms with Crippen LogP contribution in [0.2, 0.25) is 0 Å². The highest BCUT2D eigenvalue weighted by atomic mass is 19.1. The predicted octanol–water partition coefficient (Wildman–Crippen LogP) is 9.73. The fourth-order valence-corrected chi connectivity index (χ4v) is 7.07. The Bertz CT molecular complexity index is 3030. The van der Waals surface area contributed by atoms with Crippen molar-refractivity contribution < 1.29 is 27.2 Å². The number of benzene rings is 6. The van der Waals surface area contributed by atoms with Gasteiger partial charge in [0.25, 0.3) is 11.8 Å². The molecule has 0 aliphatic carbocycles. The van der Waals surface area contributed by atoms with E-state index in [9.17, 15) is 27.2 Å². The third kappa shape index (κ3) is 8.33. The molecule has 2 amide bonds. The average molecular weight is 823 g/mol. The first-order chi connectivity index (χ1) is 29.3. The largest absolute Gasteiger partial charge is 0.358 e. The van der Waals surface area contributed by atoms with E-state index in [4.69, 9.17) is 0 Å². The second kappa shape index (κ2) is 16.6. The number of anilines is 2. The maximum Gasteiger partial charge on any atom is 0.274 e. The fraction of sp³-hybridized carbons (Fsp3) is 0.128. The van der Waals surface area contributed by atoms with Crippen LogP contribution in [0.15, 0.2) is 126 Å². The number of aromatic nitrogens is 4. The van der Waals surface area contributed by atoms with Crippen LogP contribution in [-0.2, 0) is 0 Å². The SMILES string of the molecule is Cc1cc(C(=O)Nc2cc(F)c(C3=NCCN3C)cc2F)n(-c2cc3ccccc3cc2F)n1.Cc1ccc(NC(=O)c2cc(C)nn2-c2cc3ccccc3cc2F)cc1. The van der Waals surface area contributed by atoms with E-state index in [-0.39, 0.29) is 39.9 Å². The van der Waals surface area contributed by atoms with Gasteiger partial charge in [0.1, 0.15) is 51.9 Å². The second-order valence-corrected chi connectivity index (χ2v) is 14.7. The van der Waals surface area contributed by atoms with Crippen molar-refractivity contribution in [2.45, 2.75) is 20.8 Å². The molecule has 0 radical (unpaired) electrons. The van der Waals surface area contributed by atoms with Gasteiger partial charge in [-0.1, -0.05) is 66.2 Å². The number of amidine groups is 1. The quantitative estimate of drug-likeness (QED) is 0.156. The number of nitrogens with one attached hydrogen (secondary N) is 2. The van der Waals surface area contributed by atoms with Crippen LogP contribution in [0.1, 0.15) is 43.5 Å². The number of likely N-dealkylation sites (N-methyl/N-ethyl adjacent to an activating group) is 1. The summed E-state index contributed by atoms with van der Waals surface area (Å²) in [7, 11) is 1.74. The lowest BCUT2D eigenvalue weighted by Crippen LogP contribution is -2.25. The van der Waals surface area contributed by atoms with Crippen LogP contribution in [0.4, 0.5) is 28.9 Å². The highest BCUT2D eigenvalue weighted by Crippen LogP contribution is 2.27. The van der Waals surface area contributed by atoms with Gasteiger partial charge in [-0.2, -0.15) is 10.2 Å². The van der Waals surface area contributed by atoms with Crippen molar-refractivity contribution in [2.24, 2.45) is 4.99 Å². The lowest BCUT2D eigenvalue weighted by atomic mass is 10.1. The molecule has 2 aromatic heterocycles. The third-order valence-electron chi connectivity index (χ3n) is 10.1. The Labute approximate surface area is 347 Å². The van der Waals surface area contributed by atoms with E-state index in [0.717, 1.165) is 38.5 Å². The molecule has 0 atom stereocenters. The smallest absolute Gasteiger partial charge is 0.274 e. The molecular weight excluding hydrogens is 785 g/mol. The van der Waals surface area contributed by atoms with Gasteiger partial charge in [-0.15, -0.1) is 0 Å². The Hall–Kier alpha value is -7.61. The molecule has 8 aromatic rings. The molecule has 3 heterocycles. The minimum Gasteiger partial charge on any atom is -0.358 e. The predicted molar refractivity (Wildman–Crippen MR) is 229 cm³/mol. The number of hydrogen-bond donors (Lipinski definition) is 2. The van der Waals surface area contributed by atoms with Crippen molar-refractivity contribution in [1.29, 1.82) is 0 Å². The molecule has 9 rings (SSSR count). The molecule has 0 saturated heterocycles. The number of aliphatic imine (C=N–C) groups is 1. The summed E-state index contributed by atoms with van der Waals surface area (Å²) in [5, 5.41) is 17.0. The molecule has 1 aliphatic rings. The van der Waals surface area contributed by atoms with Crippen LogP contribution in [0.5, 0.6) is 0 Å². The van der Waals surface area contributed by atoms with Gasteiger partial charge in [0.2, 0.25) is 0 Å². The van der Waals surface area contributed by atoms with Gasteiger partial charge in [0.15, 0.2) is 0 Å². The Kier molecular flexibility index (Phi) is 10.9. The first-order valence-corrected chi connectivity index (χ1v) is 19.3. The van der Waals surface area contributed by atoms with Gasteiger partial charge in [-0.25, -0.2) is 26.9 Å². The Morgan fingerprint density at radius 1 is 0.574 bits per heavy atom. The third-order valence-corrected chi connectivity index (χ3v) is 10.1. The molecule has 0 saturated carbocycles. The van der Waals surface area contributed by atoms with Gasteiger partial charge in [0, 0.05) is 25.3 Å². The lowest BCUT2D eigenvalue weighted by Gasteiger charge is -2.16. The maximum atomic E-state index is 14.9. The summed E-state index contributed by atoms with van der Waals surface area (Å²) in [5.74, 6) is -3.27. The van der Waals surface area contributed by atoms with Gasteiger partial charge >= 0.3 is 0 Å². The van der Waals surface area contributed by atoms with E-state index in [0.29, 0.717) is 41.4 Å². The number of aryl methyl sites for hydroxylation is 3. The maximum absolute atomic E-state index is 14.9. The van der Waals surface area contributed by atoms with E-state index in [1.165, 1.54) is 22.9 Å². The molecule has 0 unspecified atom stereocenters. The monoisotopic (exact) mass is 822 g/mol. The Morgan fingerprint density at radius 3 is 1.56 bits per heavy atom. The molecule has 2 N–H and O–H groups in total. The fourth-order valence-electron chi connectivity index (χ4n) is 7.07. The summed E-state index contributed by atoms with van der Waals surface area (Å²) in [4.78, 5) is 31.8. The van der Waals surface area contributed by atoms with E-state index in [1.807, 2.05) is 67.6 Å². The van der Waals surface area contributed by atoms with Crippen LogP contribution >= 0.6 is 0 Å². The van der Waals surface area contributed by atoms with Crippen molar-refractivity contribution in [1.82, 2.24) is 24.5 Å². The second-order valence-electron chi connectivity index (χ2n) is 14.7. The van der Waals surface area contributed by atoms with Crippen molar-refractivity contribution in [2.75, 3.05) is 30.8 Å². The van der Waals surface area contributed by atoms with Crippen LogP contribution < -0.4 is 10.6 Å². The van der Waals surface area contributed by atoms with Gasteiger partial charge < -0.3 is 15.5 Å². The molecule has 0 fully saturated rings. The zero-order chi connectivity index (χ0) is 42.9. The van der Waals surface area contributed by atoms with Crippen LogP contribution in [-0.4, -0.2) is 62.2 Å². The van der Waals surface area contributed by atoms with Crippen molar-refractivity contribution in [3.8, 4) is 11.4 Å². The topological polar surface area (TPSA) is 109 Å². The molecule has 10 nitrogen and oxygen atoms in total. The number of carbonyl (C=O) groups excluding carboxylic acids is 2. The highest BCUT2D eigenvalue weighted by Gasteiger charge is 2.24. The minimum absolute atomic E-state index is 0.0181. The summed E-state index contributed by atoms with van der Waals surface area (Å²) < 4.78 is 61.8. The van der Waals surface area contributed by atoms with Crippen molar-refractivity contribution in [3.63, 3.8) is 0 Å². The van der Waals surface area contributed by atoms with Crippen LogP contribution in [0, 0.1) is 44.0 Å². The Balaban J connectivity index is 0.000000173.